The Kier molecular flexibility index (Phi) is 2.97. The maximum atomic E-state index is 11.8. The molecule has 1 rings (SSSR count). The van der Waals surface area contributed by atoms with Crippen LogP contribution in [0.2, 0.25) is 0 Å². The lowest BCUT2D eigenvalue weighted by Gasteiger charge is -2.11. The van der Waals surface area contributed by atoms with Crippen molar-refractivity contribution in [3.8, 4) is 0 Å². The maximum absolute atomic E-state index is 11.8. The van der Waals surface area contributed by atoms with E-state index in [9.17, 15) is 13.6 Å². The molecule has 1 aliphatic heterocycles. The van der Waals surface area contributed by atoms with E-state index in [1.54, 1.807) is 0 Å². The minimum atomic E-state index is -2.89. The van der Waals surface area contributed by atoms with Crippen LogP contribution in [0.25, 0.3) is 0 Å². The van der Waals surface area contributed by atoms with Crippen molar-refractivity contribution in [1.82, 2.24) is 10.2 Å². The first-order chi connectivity index (χ1) is 5.59. The van der Waals surface area contributed by atoms with E-state index < -0.39 is 12.3 Å². The SMILES string of the molecule is CN1CCC(NC(=O)C(F)F)C1. The highest BCUT2D eigenvalue weighted by atomic mass is 19.3. The lowest BCUT2D eigenvalue weighted by atomic mass is 10.2. The molecule has 1 amide bonds. The molecule has 1 atom stereocenters. The van der Waals surface area contributed by atoms with Gasteiger partial charge in [0.2, 0.25) is 0 Å². The molecule has 0 aliphatic carbocycles. The summed E-state index contributed by atoms with van der Waals surface area (Å²) in [6.45, 7) is 1.52. The Bertz CT molecular complexity index is 175. The molecular weight excluding hydrogens is 166 g/mol. The smallest absolute Gasteiger partial charge is 0.315 e. The van der Waals surface area contributed by atoms with Crippen LogP contribution in [0.4, 0.5) is 8.78 Å². The molecule has 0 radical (unpaired) electrons. The van der Waals surface area contributed by atoms with E-state index in [4.69, 9.17) is 0 Å². The molecule has 5 heteroatoms. The van der Waals surface area contributed by atoms with E-state index in [-0.39, 0.29) is 6.04 Å². The predicted octanol–water partition coefficient (Wildman–Crippen LogP) is 0.0718. The van der Waals surface area contributed by atoms with Crippen molar-refractivity contribution in [2.75, 3.05) is 20.1 Å². The third-order valence-corrected chi connectivity index (χ3v) is 1.94. The summed E-state index contributed by atoms with van der Waals surface area (Å²) in [6, 6.07) is -0.100. The van der Waals surface area contributed by atoms with E-state index >= 15 is 0 Å². The Morgan fingerprint density at radius 2 is 2.33 bits per heavy atom. The van der Waals surface area contributed by atoms with E-state index in [1.165, 1.54) is 0 Å². The predicted molar refractivity (Wildman–Crippen MR) is 40.0 cm³/mol. The molecule has 1 aliphatic rings. The number of likely N-dealkylation sites (N-methyl/N-ethyl adjacent to an activating group) is 1. The van der Waals surface area contributed by atoms with Crippen molar-refractivity contribution < 1.29 is 13.6 Å². The largest absolute Gasteiger partial charge is 0.347 e. The summed E-state index contributed by atoms with van der Waals surface area (Å²) in [6.07, 6.45) is -2.13. The van der Waals surface area contributed by atoms with Gasteiger partial charge in [0.05, 0.1) is 0 Å². The van der Waals surface area contributed by atoms with Gasteiger partial charge >= 0.3 is 6.43 Å². The van der Waals surface area contributed by atoms with E-state index in [0.29, 0.717) is 6.54 Å². The lowest BCUT2D eigenvalue weighted by molar-refractivity contribution is -0.132. The number of carbonyl (C=O) groups is 1. The van der Waals surface area contributed by atoms with Gasteiger partial charge in [-0.25, -0.2) is 0 Å². The van der Waals surface area contributed by atoms with Crippen LogP contribution in [-0.2, 0) is 4.79 Å². The lowest BCUT2D eigenvalue weighted by Crippen LogP contribution is -2.39. The molecule has 0 aromatic carbocycles. The average Bonchev–Trinajstić information content (AvgIpc) is 2.35. The number of carbonyl (C=O) groups excluding carboxylic acids is 1. The monoisotopic (exact) mass is 178 g/mol. The standard InChI is InChI=1S/C7H12F2N2O/c1-11-3-2-5(4-11)10-7(12)6(8)9/h5-6H,2-4H2,1H3,(H,10,12). The van der Waals surface area contributed by atoms with Crippen LogP contribution >= 0.6 is 0 Å². The number of hydrogen-bond acceptors (Lipinski definition) is 2. The van der Waals surface area contributed by atoms with Gasteiger partial charge in [-0.3, -0.25) is 4.79 Å². The van der Waals surface area contributed by atoms with E-state index in [2.05, 4.69) is 5.32 Å². The van der Waals surface area contributed by atoms with Crippen LogP contribution in [-0.4, -0.2) is 43.4 Å². The van der Waals surface area contributed by atoms with Gasteiger partial charge in [-0.1, -0.05) is 0 Å². The molecule has 12 heavy (non-hydrogen) atoms. The summed E-state index contributed by atoms with van der Waals surface area (Å²) in [4.78, 5) is 12.5. The fourth-order valence-corrected chi connectivity index (χ4v) is 1.32. The molecule has 1 unspecified atom stereocenters. The number of rotatable bonds is 2. The number of likely N-dealkylation sites (tertiary alicyclic amines) is 1. The van der Waals surface area contributed by atoms with Crippen LogP contribution in [0, 0.1) is 0 Å². The first kappa shape index (κ1) is 9.38. The Labute approximate surface area is 69.7 Å². The van der Waals surface area contributed by atoms with Gasteiger partial charge in [0, 0.05) is 12.6 Å². The second kappa shape index (κ2) is 3.80. The molecule has 0 bridgehead atoms. The van der Waals surface area contributed by atoms with Crippen molar-refractivity contribution in [1.29, 1.82) is 0 Å². The summed E-state index contributed by atoms with van der Waals surface area (Å²) < 4.78 is 23.5. The van der Waals surface area contributed by atoms with Gasteiger partial charge in [-0.2, -0.15) is 8.78 Å². The number of hydrogen-bond donors (Lipinski definition) is 1. The van der Waals surface area contributed by atoms with Crippen LogP contribution in [0.5, 0.6) is 0 Å². The molecule has 0 aromatic heterocycles. The summed E-state index contributed by atoms with van der Waals surface area (Å²) in [5.41, 5.74) is 0. The van der Waals surface area contributed by atoms with Gasteiger partial charge in [0.25, 0.3) is 5.91 Å². The second-order valence-electron chi connectivity index (χ2n) is 3.06. The third-order valence-electron chi connectivity index (χ3n) is 1.94. The summed E-state index contributed by atoms with van der Waals surface area (Å²) in [5.74, 6) is -1.16. The zero-order chi connectivity index (χ0) is 9.14. The van der Waals surface area contributed by atoms with Gasteiger partial charge < -0.3 is 10.2 Å². The Hall–Kier alpha value is -0.710. The Morgan fingerprint density at radius 3 is 2.75 bits per heavy atom. The molecule has 0 aromatic rings. The number of nitrogens with zero attached hydrogens (tertiary/aromatic N) is 1. The Morgan fingerprint density at radius 1 is 1.67 bits per heavy atom. The summed E-state index contributed by atoms with van der Waals surface area (Å²) in [7, 11) is 1.90. The highest BCUT2D eigenvalue weighted by Gasteiger charge is 2.24. The van der Waals surface area contributed by atoms with Crippen LogP contribution in [0.1, 0.15) is 6.42 Å². The van der Waals surface area contributed by atoms with E-state index in [0.717, 1.165) is 13.0 Å². The molecular formula is C7H12F2N2O. The molecule has 3 nitrogen and oxygen atoms in total. The minimum Gasteiger partial charge on any atom is -0.347 e. The van der Waals surface area contributed by atoms with Crippen molar-refractivity contribution >= 4 is 5.91 Å². The topological polar surface area (TPSA) is 32.3 Å². The van der Waals surface area contributed by atoms with Crippen LogP contribution in [0.3, 0.4) is 0 Å². The molecule has 0 saturated carbocycles. The number of amides is 1. The fraction of sp³-hybridized carbons (Fsp3) is 0.857. The maximum Gasteiger partial charge on any atom is 0.315 e. The van der Waals surface area contributed by atoms with Gasteiger partial charge in [0.1, 0.15) is 0 Å². The number of halogens is 2. The normalized spacial score (nSPS) is 24.8. The Balaban J connectivity index is 2.28. The summed E-state index contributed by atoms with van der Waals surface area (Å²) in [5, 5.41) is 2.28. The van der Waals surface area contributed by atoms with Gasteiger partial charge in [-0.15, -0.1) is 0 Å². The zero-order valence-corrected chi connectivity index (χ0v) is 6.89. The van der Waals surface area contributed by atoms with Gasteiger partial charge in [0.15, 0.2) is 0 Å². The van der Waals surface area contributed by atoms with Crippen molar-refractivity contribution in [2.24, 2.45) is 0 Å². The molecule has 1 fully saturated rings. The molecule has 1 N–H and O–H groups in total. The fourth-order valence-electron chi connectivity index (χ4n) is 1.32. The second-order valence-corrected chi connectivity index (χ2v) is 3.06. The summed E-state index contributed by atoms with van der Waals surface area (Å²) >= 11 is 0. The molecule has 1 heterocycles. The first-order valence-electron chi connectivity index (χ1n) is 3.86. The minimum absolute atomic E-state index is 0.100. The van der Waals surface area contributed by atoms with Crippen molar-refractivity contribution in [3.63, 3.8) is 0 Å². The first-order valence-corrected chi connectivity index (χ1v) is 3.86. The zero-order valence-electron chi connectivity index (χ0n) is 6.89. The molecule has 70 valence electrons. The van der Waals surface area contributed by atoms with Crippen molar-refractivity contribution in [3.05, 3.63) is 0 Å². The van der Waals surface area contributed by atoms with Crippen LogP contribution < -0.4 is 5.32 Å². The number of alkyl halides is 2. The third kappa shape index (κ3) is 2.41. The molecule has 0 spiro atoms. The van der Waals surface area contributed by atoms with Crippen LogP contribution in [0.15, 0.2) is 0 Å². The van der Waals surface area contributed by atoms with Crippen molar-refractivity contribution in [2.45, 2.75) is 18.9 Å². The average molecular weight is 178 g/mol. The molecule has 1 saturated heterocycles. The van der Waals surface area contributed by atoms with E-state index in [1.807, 2.05) is 11.9 Å². The number of nitrogens with one attached hydrogen (secondary N) is 1. The quantitative estimate of drug-likeness (QED) is 0.649. The highest BCUT2D eigenvalue weighted by Crippen LogP contribution is 2.06. The van der Waals surface area contributed by atoms with Gasteiger partial charge in [-0.05, 0) is 20.0 Å². The highest BCUT2D eigenvalue weighted by molar-refractivity contribution is 5.79.